The molecule has 1 amide bonds. The fourth-order valence-electron chi connectivity index (χ4n) is 1.55. The Morgan fingerprint density at radius 3 is 2.86 bits per heavy atom. The summed E-state index contributed by atoms with van der Waals surface area (Å²) in [6.07, 6.45) is 1.06. The minimum Gasteiger partial charge on any atom is -0.465 e. The summed E-state index contributed by atoms with van der Waals surface area (Å²) in [6, 6.07) is 4.93. The van der Waals surface area contributed by atoms with Gasteiger partial charge >= 0.3 is 5.97 Å². The Bertz CT molecular complexity index is 497. The average molecular weight is 331 g/mol. The molecule has 5 nitrogen and oxygen atoms in total. The van der Waals surface area contributed by atoms with Crippen LogP contribution in [0.25, 0.3) is 0 Å². The maximum absolute atomic E-state index is 11.7. The third-order valence-electron chi connectivity index (χ3n) is 2.51. The third-order valence-corrected chi connectivity index (χ3v) is 3.76. The highest BCUT2D eigenvalue weighted by molar-refractivity contribution is 7.99. The molecule has 0 aliphatic heterocycles. The molecule has 3 N–H and O–H groups in total. The summed E-state index contributed by atoms with van der Waals surface area (Å²) in [4.78, 5) is 22.8. The van der Waals surface area contributed by atoms with Crippen LogP contribution in [0.3, 0.4) is 0 Å². The van der Waals surface area contributed by atoms with Crippen molar-refractivity contribution >= 4 is 46.6 Å². The van der Waals surface area contributed by atoms with Gasteiger partial charge in [0.2, 0.25) is 5.91 Å². The van der Waals surface area contributed by atoms with Crippen molar-refractivity contribution in [3.05, 3.63) is 23.2 Å². The fourth-order valence-corrected chi connectivity index (χ4v) is 2.48. The van der Waals surface area contributed by atoms with Gasteiger partial charge < -0.3 is 15.8 Å². The number of esters is 1. The zero-order valence-electron chi connectivity index (χ0n) is 11.9. The van der Waals surface area contributed by atoms with E-state index in [1.807, 2.05) is 0 Å². The summed E-state index contributed by atoms with van der Waals surface area (Å²) in [5, 5.41) is 3.26. The summed E-state index contributed by atoms with van der Waals surface area (Å²) >= 11 is 7.24. The van der Waals surface area contributed by atoms with Gasteiger partial charge in [0.25, 0.3) is 0 Å². The van der Waals surface area contributed by atoms with Gasteiger partial charge in [0, 0.05) is 11.4 Å². The number of nitrogen functional groups attached to an aromatic ring is 1. The number of ether oxygens (including phenoxy) is 1. The molecule has 0 heterocycles. The minimum atomic E-state index is -0.221. The molecule has 21 heavy (non-hydrogen) atoms. The van der Waals surface area contributed by atoms with Crippen molar-refractivity contribution in [3.63, 3.8) is 0 Å². The number of nitrogens with one attached hydrogen (secondary N) is 1. The molecule has 1 aromatic rings. The van der Waals surface area contributed by atoms with E-state index in [-0.39, 0.29) is 11.9 Å². The molecule has 0 bridgehead atoms. The minimum absolute atomic E-state index is 0.110. The fraction of sp³-hybridized carbons (Fsp3) is 0.429. The van der Waals surface area contributed by atoms with Crippen LogP contribution < -0.4 is 11.1 Å². The summed E-state index contributed by atoms with van der Waals surface area (Å²) in [6.45, 7) is 2.17. The first kappa shape index (κ1) is 17.7. The molecule has 0 unspecified atom stereocenters. The summed E-state index contributed by atoms with van der Waals surface area (Å²) in [5.41, 5.74) is 6.75. The van der Waals surface area contributed by atoms with Gasteiger partial charge in [-0.15, -0.1) is 0 Å². The Labute approximate surface area is 133 Å². The molecule has 0 saturated carbocycles. The van der Waals surface area contributed by atoms with Gasteiger partial charge in [-0.25, -0.2) is 0 Å². The van der Waals surface area contributed by atoms with Gasteiger partial charge in [-0.1, -0.05) is 11.6 Å². The number of carbonyl (C=O) groups is 2. The highest BCUT2D eigenvalue weighted by Gasteiger charge is 2.06. The summed E-state index contributed by atoms with van der Waals surface area (Å²) < 4.78 is 4.81. The smallest absolute Gasteiger partial charge is 0.315 e. The average Bonchev–Trinajstić information content (AvgIpc) is 2.42. The second kappa shape index (κ2) is 9.52. The summed E-state index contributed by atoms with van der Waals surface area (Å²) in [5.74, 6) is 0.712. The van der Waals surface area contributed by atoms with E-state index in [0.29, 0.717) is 41.6 Å². The monoisotopic (exact) mass is 330 g/mol. The molecule has 0 saturated heterocycles. The van der Waals surface area contributed by atoms with E-state index in [9.17, 15) is 9.59 Å². The van der Waals surface area contributed by atoms with E-state index < -0.39 is 0 Å². The van der Waals surface area contributed by atoms with Gasteiger partial charge in [-0.3, -0.25) is 9.59 Å². The zero-order valence-corrected chi connectivity index (χ0v) is 13.4. The lowest BCUT2D eigenvalue weighted by molar-refractivity contribution is -0.139. The van der Waals surface area contributed by atoms with Crippen LogP contribution in [0.5, 0.6) is 0 Å². The number of halogens is 1. The van der Waals surface area contributed by atoms with Crippen molar-refractivity contribution in [2.24, 2.45) is 0 Å². The SMILES string of the molecule is CCOC(=O)CSCCCC(=O)Nc1ccc(Cl)cc1N. The Hall–Kier alpha value is -1.40. The first-order valence-corrected chi connectivity index (χ1v) is 8.14. The Morgan fingerprint density at radius 1 is 1.43 bits per heavy atom. The van der Waals surface area contributed by atoms with Crippen molar-refractivity contribution in [2.45, 2.75) is 19.8 Å². The largest absolute Gasteiger partial charge is 0.465 e. The molecule has 7 heteroatoms. The van der Waals surface area contributed by atoms with Gasteiger partial charge in [0.15, 0.2) is 0 Å². The molecule has 0 aliphatic rings. The van der Waals surface area contributed by atoms with E-state index in [1.54, 1.807) is 25.1 Å². The maximum Gasteiger partial charge on any atom is 0.315 e. The molecule has 0 fully saturated rings. The number of thioether (sulfide) groups is 1. The predicted molar refractivity (Wildman–Crippen MR) is 87.7 cm³/mol. The van der Waals surface area contributed by atoms with Gasteiger partial charge in [0.1, 0.15) is 0 Å². The topological polar surface area (TPSA) is 81.4 Å². The number of nitrogens with two attached hydrogens (primary N) is 1. The van der Waals surface area contributed by atoms with Crippen LogP contribution in [0.2, 0.25) is 5.02 Å². The van der Waals surface area contributed by atoms with E-state index in [4.69, 9.17) is 22.1 Å². The number of rotatable bonds is 8. The summed E-state index contributed by atoms with van der Waals surface area (Å²) in [7, 11) is 0. The lowest BCUT2D eigenvalue weighted by atomic mass is 10.2. The molecular weight excluding hydrogens is 312 g/mol. The highest BCUT2D eigenvalue weighted by atomic mass is 35.5. The second-order valence-electron chi connectivity index (χ2n) is 4.24. The molecular formula is C14H19ClN2O3S. The first-order valence-electron chi connectivity index (χ1n) is 6.61. The third kappa shape index (κ3) is 7.24. The van der Waals surface area contributed by atoms with Crippen LogP contribution in [-0.2, 0) is 14.3 Å². The van der Waals surface area contributed by atoms with Crippen molar-refractivity contribution in [3.8, 4) is 0 Å². The number of amides is 1. The number of hydrogen-bond acceptors (Lipinski definition) is 5. The first-order chi connectivity index (χ1) is 10.0. The Kier molecular flexibility index (Phi) is 8.00. The standard InChI is InChI=1S/C14H19ClN2O3S/c1-2-20-14(19)9-21-7-3-4-13(18)17-12-6-5-10(15)8-11(12)16/h5-6,8H,2-4,7,9,16H2,1H3,(H,17,18). The molecule has 1 rings (SSSR count). The van der Waals surface area contributed by atoms with Crippen molar-refractivity contribution in [2.75, 3.05) is 29.2 Å². The van der Waals surface area contributed by atoms with E-state index in [2.05, 4.69) is 5.32 Å². The van der Waals surface area contributed by atoms with Gasteiger partial charge in [-0.05, 0) is 37.3 Å². The van der Waals surface area contributed by atoms with Crippen LogP contribution >= 0.6 is 23.4 Å². The lowest BCUT2D eigenvalue weighted by Crippen LogP contribution is -2.13. The van der Waals surface area contributed by atoms with Crippen LogP contribution in [0.4, 0.5) is 11.4 Å². The van der Waals surface area contributed by atoms with Crippen LogP contribution in [0.1, 0.15) is 19.8 Å². The van der Waals surface area contributed by atoms with E-state index in [1.165, 1.54) is 11.8 Å². The quantitative estimate of drug-likeness (QED) is 0.435. The number of carbonyl (C=O) groups excluding carboxylic acids is 2. The Morgan fingerprint density at radius 2 is 2.19 bits per heavy atom. The van der Waals surface area contributed by atoms with Crippen molar-refractivity contribution in [1.82, 2.24) is 0 Å². The van der Waals surface area contributed by atoms with Crippen LogP contribution in [0, 0.1) is 0 Å². The Balaban J connectivity index is 2.21. The molecule has 0 spiro atoms. The molecule has 0 atom stereocenters. The number of anilines is 2. The number of hydrogen-bond donors (Lipinski definition) is 2. The van der Waals surface area contributed by atoms with Gasteiger partial charge in [-0.2, -0.15) is 11.8 Å². The van der Waals surface area contributed by atoms with Crippen molar-refractivity contribution < 1.29 is 14.3 Å². The van der Waals surface area contributed by atoms with Gasteiger partial charge in [0.05, 0.1) is 23.7 Å². The predicted octanol–water partition coefficient (Wildman–Crippen LogP) is 2.94. The molecule has 116 valence electrons. The maximum atomic E-state index is 11.7. The molecule has 0 aromatic heterocycles. The van der Waals surface area contributed by atoms with Crippen LogP contribution in [-0.4, -0.2) is 30.0 Å². The number of benzene rings is 1. The second-order valence-corrected chi connectivity index (χ2v) is 5.78. The zero-order chi connectivity index (χ0) is 15.7. The van der Waals surface area contributed by atoms with E-state index in [0.717, 1.165) is 5.75 Å². The van der Waals surface area contributed by atoms with Crippen molar-refractivity contribution in [1.29, 1.82) is 0 Å². The molecule has 0 radical (unpaired) electrons. The normalized spacial score (nSPS) is 10.2. The van der Waals surface area contributed by atoms with E-state index >= 15 is 0 Å². The molecule has 0 aliphatic carbocycles. The van der Waals surface area contributed by atoms with Crippen LogP contribution in [0.15, 0.2) is 18.2 Å². The molecule has 1 aromatic carbocycles. The highest BCUT2D eigenvalue weighted by Crippen LogP contribution is 2.22. The lowest BCUT2D eigenvalue weighted by Gasteiger charge is -2.08.